The largest absolute Gasteiger partial charge is 0.493 e. The van der Waals surface area contributed by atoms with Crippen molar-refractivity contribution in [3.8, 4) is 11.5 Å². The third kappa shape index (κ3) is 5.72. The van der Waals surface area contributed by atoms with Crippen LogP contribution in [-0.4, -0.2) is 42.3 Å². The molecule has 168 valence electrons. The molecule has 7 nitrogen and oxygen atoms in total. The van der Waals surface area contributed by atoms with E-state index in [0.29, 0.717) is 28.1 Å². The zero-order valence-corrected chi connectivity index (χ0v) is 20.2. The number of ether oxygens (including phenoxy) is 3. The summed E-state index contributed by atoms with van der Waals surface area (Å²) in [6.45, 7) is 3.81. The molecule has 0 unspecified atom stereocenters. The number of amides is 2. The molecule has 9 heteroatoms. The molecule has 0 aliphatic carbocycles. The number of halogens is 1. The maximum atomic E-state index is 12.6. The van der Waals surface area contributed by atoms with Crippen LogP contribution in [0.5, 0.6) is 11.5 Å². The number of methoxy groups -OCH3 is 1. The number of esters is 1. The fourth-order valence-corrected chi connectivity index (χ4v) is 4.34. The molecule has 2 aromatic rings. The minimum absolute atomic E-state index is 0.178. The van der Waals surface area contributed by atoms with Crippen LogP contribution in [0.2, 0.25) is 0 Å². The lowest BCUT2D eigenvalue weighted by Gasteiger charge is -2.14. The number of nitrogens with zero attached hydrogens (tertiary/aromatic N) is 1. The molecule has 1 aliphatic heterocycles. The maximum Gasteiger partial charge on any atom is 0.326 e. The third-order valence-electron chi connectivity index (χ3n) is 4.52. The Hall–Kier alpha value is -2.78. The molecule has 0 aromatic heterocycles. The number of carbonyl (C=O) groups is 3. The molecular formula is C23H22BrNO6S. The first-order chi connectivity index (χ1) is 15.3. The van der Waals surface area contributed by atoms with Gasteiger partial charge in [-0.15, -0.1) is 0 Å². The summed E-state index contributed by atoms with van der Waals surface area (Å²) in [5.74, 6) is -0.164. The van der Waals surface area contributed by atoms with Crippen LogP contribution in [0, 0.1) is 6.92 Å². The fourth-order valence-electron chi connectivity index (χ4n) is 2.93. The molecule has 1 aliphatic rings. The van der Waals surface area contributed by atoms with Gasteiger partial charge in [-0.2, -0.15) is 0 Å². The molecule has 1 heterocycles. The van der Waals surface area contributed by atoms with Crippen molar-refractivity contribution in [1.82, 2.24) is 4.90 Å². The van der Waals surface area contributed by atoms with Crippen molar-refractivity contribution in [2.45, 2.75) is 20.5 Å². The summed E-state index contributed by atoms with van der Waals surface area (Å²) in [5.41, 5.74) is 2.82. The Morgan fingerprint density at radius 3 is 2.56 bits per heavy atom. The van der Waals surface area contributed by atoms with Gasteiger partial charge in [0.15, 0.2) is 11.5 Å². The quantitative estimate of drug-likeness (QED) is 0.360. The summed E-state index contributed by atoms with van der Waals surface area (Å²) in [6, 6.07) is 11.5. The first-order valence-electron chi connectivity index (χ1n) is 9.79. The van der Waals surface area contributed by atoms with Gasteiger partial charge < -0.3 is 14.2 Å². The number of hydrogen-bond donors (Lipinski definition) is 0. The summed E-state index contributed by atoms with van der Waals surface area (Å²) < 4.78 is 16.9. The van der Waals surface area contributed by atoms with Crippen LogP contribution in [-0.2, 0) is 20.9 Å². The average Bonchev–Trinajstić information content (AvgIpc) is 3.01. The van der Waals surface area contributed by atoms with Gasteiger partial charge in [-0.25, -0.2) is 0 Å². The van der Waals surface area contributed by atoms with Crippen molar-refractivity contribution >= 4 is 50.9 Å². The lowest BCUT2D eigenvalue weighted by molar-refractivity contribution is -0.145. The molecule has 0 N–H and O–H groups in total. The molecule has 2 amide bonds. The zero-order valence-electron chi connectivity index (χ0n) is 17.8. The molecule has 0 bridgehead atoms. The van der Waals surface area contributed by atoms with E-state index in [1.165, 1.54) is 12.7 Å². The van der Waals surface area contributed by atoms with Gasteiger partial charge in [0, 0.05) is 0 Å². The van der Waals surface area contributed by atoms with E-state index >= 15 is 0 Å². The summed E-state index contributed by atoms with van der Waals surface area (Å²) in [5, 5.41) is -0.515. The monoisotopic (exact) mass is 519 g/mol. The van der Waals surface area contributed by atoms with Crippen molar-refractivity contribution < 1.29 is 28.6 Å². The van der Waals surface area contributed by atoms with E-state index in [2.05, 4.69) is 15.9 Å². The second kappa shape index (κ2) is 10.7. The van der Waals surface area contributed by atoms with Crippen molar-refractivity contribution in [2.75, 3.05) is 20.3 Å². The molecule has 0 spiro atoms. The minimum Gasteiger partial charge on any atom is -0.493 e. The van der Waals surface area contributed by atoms with Gasteiger partial charge in [0.25, 0.3) is 11.1 Å². The zero-order chi connectivity index (χ0) is 23.3. The molecule has 0 atom stereocenters. The molecule has 32 heavy (non-hydrogen) atoms. The Balaban J connectivity index is 1.78. The number of thioether (sulfide) groups is 1. The Morgan fingerprint density at radius 1 is 1.19 bits per heavy atom. The number of benzene rings is 2. The first-order valence-corrected chi connectivity index (χ1v) is 11.4. The van der Waals surface area contributed by atoms with Crippen LogP contribution in [0.3, 0.4) is 0 Å². The summed E-state index contributed by atoms with van der Waals surface area (Å²) >= 11 is 4.27. The van der Waals surface area contributed by atoms with E-state index in [1.54, 1.807) is 25.1 Å². The topological polar surface area (TPSA) is 82.1 Å². The summed E-state index contributed by atoms with van der Waals surface area (Å²) in [4.78, 5) is 37.5. The minimum atomic E-state index is -0.629. The van der Waals surface area contributed by atoms with Crippen molar-refractivity contribution in [2.24, 2.45) is 0 Å². The highest BCUT2D eigenvalue weighted by Crippen LogP contribution is 2.39. The molecule has 2 aromatic carbocycles. The lowest BCUT2D eigenvalue weighted by Crippen LogP contribution is -2.34. The highest BCUT2D eigenvalue weighted by Gasteiger charge is 2.36. The second-order valence-electron chi connectivity index (χ2n) is 6.88. The van der Waals surface area contributed by atoms with Crippen LogP contribution in [0.1, 0.15) is 23.6 Å². The van der Waals surface area contributed by atoms with Crippen LogP contribution in [0.25, 0.3) is 6.08 Å². The molecule has 3 rings (SSSR count). The third-order valence-corrected chi connectivity index (χ3v) is 6.02. The molecule has 1 saturated heterocycles. The van der Waals surface area contributed by atoms with E-state index in [0.717, 1.165) is 22.2 Å². The van der Waals surface area contributed by atoms with E-state index in [1.807, 2.05) is 31.2 Å². The highest BCUT2D eigenvalue weighted by atomic mass is 79.9. The SMILES string of the molecule is CCOC(=O)CN1C(=O)S/C(=C/c2cc(Br)c(OCc3ccc(C)cc3)c(OC)c2)C1=O. The Bertz CT molecular complexity index is 1070. The smallest absolute Gasteiger partial charge is 0.326 e. The number of aryl methyl sites for hydroxylation is 1. The summed E-state index contributed by atoms with van der Waals surface area (Å²) in [6.07, 6.45) is 1.58. The van der Waals surface area contributed by atoms with Crippen LogP contribution < -0.4 is 9.47 Å². The van der Waals surface area contributed by atoms with Gasteiger partial charge >= 0.3 is 5.97 Å². The van der Waals surface area contributed by atoms with Gasteiger partial charge in [0.2, 0.25) is 0 Å². The molecule has 0 saturated carbocycles. The standard InChI is InChI=1S/C23H22BrNO6S/c1-4-30-20(26)12-25-22(27)19(32-23(25)28)11-16-9-17(24)21(18(10-16)29-3)31-13-15-7-5-14(2)6-8-15/h5-11H,4,12-13H2,1-3H3/b19-11+. The van der Waals surface area contributed by atoms with E-state index < -0.39 is 23.7 Å². The first kappa shape index (κ1) is 23.9. The van der Waals surface area contributed by atoms with Crippen LogP contribution >= 0.6 is 27.7 Å². The predicted octanol–water partition coefficient (Wildman–Crippen LogP) is 4.94. The van der Waals surface area contributed by atoms with Gasteiger partial charge in [-0.05, 0) is 70.9 Å². The Morgan fingerprint density at radius 2 is 1.91 bits per heavy atom. The van der Waals surface area contributed by atoms with Crippen molar-refractivity contribution in [1.29, 1.82) is 0 Å². The van der Waals surface area contributed by atoms with Crippen molar-refractivity contribution in [3.63, 3.8) is 0 Å². The summed E-state index contributed by atoms with van der Waals surface area (Å²) in [7, 11) is 1.53. The molecule has 1 fully saturated rings. The normalized spacial score (nSPS) is 14.8. The molecular weight excluding hydrogens is 498 g/mol. The van der Waals surface area contributed by atoms with Crippen LogP contribution in [0.15, 0.2) is 45.8 Å². The fraction of sp³-hybridized carbons (Fsp3) is 0.261. The maximum absolute atomic E-state index is 12.6. The van der Waals surface area contributed by atoms with Crippen LogP contribution in [0.4, 0.5) is 4.79 Å². The number of carbonyl (C=O) groups excluding carboxylic acids is 3. The van der Waals surface area contributed by atoms with E-state index in [-0.39, 0.29) is 11.5 Å². The number of rotatable bonds is 8. The Kier molecular flexibility index (Phi) is 7.98. The predicted molar refractivity (Wildman–Crippen MR) is 126 cm³/mol. The number of imide groups is 1. The second-order valence-corrected chi connectivity index (χ2v) is 8.73. The molecule has 0 radical (unpaired) electrons. The van der Waals surface area contributed by atoms with Gasteiger partial charge in [-0.1, -0.05) is 29.8 Å². The van der Waals surface area contributed by atoms with E-state index in [9.17, 15) is 14.4 Å². The van der Waals surface area contributed by atoms with Crippen molar-refractivity contribution in [3.05, 3.63) is 62.5 Å². The Labute approximate surface area is 198 Å². The number of hydrogen-bond acceptors (Lipinski definition) is 7. The van der Waals surface area contributed by atoms with Gasteiger partial charge in [0.1, 0.15) is 13.2 Å². The van der Waals surface area contributed by atoms with Gasteiger partial charge in [0.05, 0.1) is 23.1 Å². The van der Waals surface area contributed by atoms with E-state index in [4.69, 9.17) is 14.2 Å². The lowest BCUT2D eigenvalue weighted by atomic mass is 10.1. The average molecular weight is 520 g/mol. The highest BCUT2D eigenvalue weighted by molar-refractivity contribution is 9.10. The van der Waals surface area contributed by atoms with Gasteiger partial charge in [-0.3, -0.25) is 19.3 Å².